The van der Waals surface area contributed by atoms with Crippen molar-refractivity contribution in [3.05, 3.63) is 59.1 Å². The maximum Gasteiger partial charge on any atom is 0.202 e. The van der Waals surface area contributed by atoms with Crippen molar-refractivity contribution in [2.75, 3.05) is 5.73 Å². The standard InChI is InChI=1S/C15H14ClNO2/c1-10(19-14-4-2-3-13(17)9-14)15(18)11-5-7-12(16)8-6-11/h2-10H,17H2,1H3. The lowest BCUT2D eigenvalue weighted by Crippen LogP contribution is -2.23. The summed E-state index contributed by atoms with van der Waals surface area (Å²) in [7, 11) is 0. The van der Waals surface area contributed by atoms with E-state index in [-0.39, 0.29) is 5.78 Å². The van der Waals surface area contributed by atoms with Crippen LogP contribution in [0, 0.1) is 0 Å². The lowest BCUT2D eigenvalue weighted by molar-refractivity contribution is 0.0818. The molecule has 0 bridgehead atoms. The van der Waals surface area contributed by atoms with E-state index in [4.69, 9.17) is 22.1 Å². The van der Waals surface area contributed by atoms with Crippen molar-refractivity contribution in [2.24, 2.45) is 0 Å². The van der Waals surface area contributed by atoms with E-state index in [2.05, 4.69) is 0 Å². The molecule has 0 saturated carbocycles. The zero-order chi connectivity index (χ0) is 13.8. The molecule has 0 spiro atoms. The first-order valence-corrected chi connectivity index (χ1v) is 6.26. The second kappa shape index (κ2) is 5.76. The number of carbonyl (C=O) groups excluding carboxylic acids is 1. The Labute approximate surface area is 117 Å². The molecule has 0 saturated heterocycles. The minimum Gasteiger partial charge on any atom is -0.482 e. The van der Waals surface area contributed by atoms with Gasteiger partial charge in [-0.05, 0) is 43.3 Å². The third-order valence-electron chi connectivity index (χ3n) is 2.67. The number of ether oxygens (including phenoxy) is 1. The van der Waals surface area contributed by atoms with Crippen LogP contribution in [-0.4, -0.2) is 11.9 Å². The number of benzene rings is 2. The van der Waals surface area contributed by atoms with Crippen LogP contribution in [0.2, 0.25) is 5.02 Å². The van der Waals surface area contributed by atoms with Gasteiger partial charge in [0.1, 0.15) is 5.75 Å². The van der Waals surface area contributed by atoms with E-state index in [0.29, 0.717) is 22.0 Å². The van der Waals surface area contributed by atoms with Gasteiger partial charge >= 0.3 is 0 Å². The Hall–Kier alpha value is -2.00. The van der Waals surface area contributed by atoms with Gasteiger partial charge in [0, 0.05) is 22.3 Å². The van der Waals surface area contributed by atoms with Crippen LogP contribution >= 0.6 is 11.6 Å². The van der Waals surface area contributed by atoms with E-state index in [1.165, 1.54) is 0 Å². The van der Waals surface area contributed by atoms with E-state index < -0.39 is 6.10 Å². The van der Waals surface area contributed by atoms with E-state index in [1.54, 1.807) is 55.5 Å². The van der Waals surface area contributed by atoms with Crippen LogP contribution in [0.25, 0.3) is 0 Å². The molecule has 0 heterocycles. The second-order valence-corrected chi connectivity index (χ2v) is 4.64. The third-order valence-corrected chi connectivity index (χ3v) is 2.92. The van der Waals surface area contributed by atoms with Crippen LogP contribution in [0.15, 0.2) is 48.5 Å². The molecule has 0 radical (unpaired) electrons. The van der Waals surface area contributed by atoms with Crippen LogP contribution in [0.3, 0.4) is 0 Å². The number of nitrogen functional groups attached to an aromatic ring is 1. The summed E-state index contributed by atoms with van der Waals surface area (Å²) < 4.78 is 5.58. The Balaban J connectivity index is 2.09. The molecule has 0 fully saturated rings. The number of Topliss-reactive ketones (excluding diaryl/α,β-unsaturated/α-hetero) is 1. The van der Waals surface area contributed by atoms with Crippen LogP contribution < -0.4 is 10.5 Å². The van der Waals surface area contributed by atoms with Gasteiger partial charge in [-0.3, -0.25) is 4.79 Å². The summed E-state index contributed by atoms with van der Waals surface area (Å²) in [5, 5.41) is 0.598. The average molecular weight is 276 g/mol. The molecule has 0 amide bonds. The van der Waals surface area contributed by atoms with Crippen molar-refractivity contribution in [2.45, 2.75) is 13.0 Å². The van der Waals surface area contributed by atoms with E-state index in [1.807, 2.05) is 0 Å². The lowest BCUT2D eigenvalue weighted by Gasteiger charge is -2.14. The van der Waals surface area contributed by atoms with Crippen LogP contribution in [0.4, 0.5) is 5.69 Å². The zero-order valence-corrected chi connectivity index (χ0v) is 11.2. The summed E-state index contributed by atoms with van der Waals surface area (Å²) in [4.78, 5) is 12.1. The normalized spacial score (nSPS) is 11.9. The largest absolute Gasteiger partial charge is 0.482 e. The van der Waals surface area contributed by atoms with E-state index >= 15 is 0 Å². The van der Waals surface area contributed by atoms with Crippen molar-refractivity contribution in [3.63, 3.8) is 0 Å². The highest BCUT2D eigenvalue weighted by Crippen LogP contribution is 2.18. The quantitative estimate of drug-likeness (QED) is 0.685. The first-order valence-electron chi connectivity index (χ1n) is 5.88. The maximum atomic E-state index is 12.1. The first-order chi connectivity index (χ1) is 9.06. The number of ketones is 1. The van der Waals surface area contributed by atoms with Gasteiger partial charge in [-0.1, -0.05) is 17.7 Å². The van der Waals surface area contributed by atoms with Crippen LogP contribution in [0.1, 0.15) is 17.3 Å². The Morgan fingerprint density at radius 2 is 1.89 bits per heavy atom. The molecular formula is C15H14ClNO2. The van der Waals surface area contributed by atoms with Crippen molar-refractivity contribution >= 4 is 23.1 Å². The molecule has 0 aliphatic heterocycles. The number of nitrogens with two attached hydrogens (primary N) is 1. The van der Waals surface area contributed by atoms with Crippen LogP contribution in [-0.2, 0) is 0 Å². The Bertz CT molecular complexity index is 581. The molecular weight excluding hydrogens is 262 g/mol. The van der Waals surface area contributed by atoms with Gasteiger partial charge < -0.3 is 10.5 Å². The summed E-state index contributed by atoms with van der Waals surface area (Å²) in [6.45, 7) is 1.71. The van der Waals surface area contributed by atoms with Crippen LogP contribution in [0.5, 0.6) is 5.75 Å². The van der Waals surface area contributed by atoms with Crippen molar-refractivity contribution in [1.29, 1.82) is 0 Å². The summed E-state index contributed by atoms with van der Waals surface area (Å²) in [5.41, 5.74) is 6.83. The fourth-order valence-electron chi connectivity index (χ4n) is 1.69. The predicted molar refractivity (Wildman–Crippen MR) is 76.7 cm³/mol. The molecule has 3 nitrogen and oxygen atoms in total. The number of carbonyl (C=O) groups is 1. The molecule has 4 heteroatoms. The van der Waals surface area contributed by atoms with E-state index in [0.717, 1.165) is 0 Å². The predicted octanol–water partition coefficient (Wildman–Crippen LogP) is 3.57. The Morgan fingerprint density at radius 3 is 2.53 bits per heavy atom. The number of anilines is 1. The number of hydrogen-bond acceptors (Lipinski definition) is 3. The number of halogens is 1. The molecule has 2 N–H and O–H groups in total. The van der Waals surface area contributed by atoms with Gasteiger partial charge in [-0.2, -0.15) is 0 Å². The molecule has 1 atom stereocenters. The summed E-state index contributed by atoms with van der Waals surface area (Å²) in [6, 6.07) is 13.7. The van der Waals surface area contributed by atoms with Crippen molar-refractivity contribution in [1.82, 2.24) is 0 Å². The highest BCUT2D eigenvalue weighted by molar-refractivity contribution is 6.30. The van der Waals surface area contributed by atoms with Gasteiger partial charge in [-0.25, -0.2) is 0 Å². The molecule has 0 aliphatic rings. The Kier molecular flexibility index (Phi) is 4.07. The molecule has 0 aromatic heterocycles. The smallest absolute Gasteiger partial charge is 0.202 e. The minimum atomic E-state index is -0.581. The third kappa shape index (κ3) is 3.48. The van der Waals surface area contributed by atoms with Gasteiger partial charge in [0.05, 0.1) is 0 Å². The number of rotatable bonds is 4. The van der Waals surface area contributed by atoms with Crippen molar-refractivity contribution < 1.29 is 9.53 Å². The number of hydrogen-bond donors (Lipinski definition) is 1. The molecule has 0 aliphatic carbocycles. The summed E-state index contributed by atoms with van der Waals surface area (Å²) in [5.74, 6) is 0.480. The molecule has 1 unspecified atom stereocenters. The molecule has 2 aromatic rings. The highest BCUT2D eigenvalue weighted by atomic mass is 35.5. The molecule has 19 heavy (non-hydrogen) atoms. The van der Waals surface area contributed by atoms with Gasteiger partial charge in [-0.15, -0.1) is 0 Å². The van der Waals surface area contributed by atoms with Crippen molar-refractivity contribution in [3.8, 4) is 5.75 Å². The van der Waals surface area contributed by atoms with Gasteiger partial charge in [0.15, 0.2) is 6.10 Å². The Morgan fingerprint density at radius 1 is 1.21 bits per heavy atom. The monoisotopic (exact) mass is 275 g/mol. The highest BCUT2D eigenvalue weighted by Gasteiger charge is 2.16. The topological polar surface area (TPSA) is 52.3 Å². The second-order valence-electron chi connectivity index (χ2n) is 4.20. The summed E-state index contributed by atoms with van der Waals surface area (Å²) >= 11 is 5.79. The molecule has 2 rings (SSSR count). The zero-order valence-electron chi connectivity index (χ0n) is 10.5. The molecule has 98 valence electrons. The van der Waals surface area contributed by atoms with Gasteiger partial charge in [0.25, 0.3) is 0 Å². The summed E-state index contributed by atoms with van der Waals surface area (Å²) in [6.07, 6.45) is -0.581. The van der Waals surface area contributed by atoms with Gasteiger partial charge in [0.2, 0.25) is 5.78 Å². The average Bonchev–Trinajstić information content (AvgIpc) is 2.39. The minimum absolute atomic E-state index is 0.0981. The maximum absolute atomic E-state index is 12.1. The lowest BCUT2D eigenvalue weighted by atomic mass is 10.1. The SMILES string of the molecule is CC(Oc1cccc(N)c1)C(=O)c1ccc(Cl)cc1. The fraction of sp³-hybridized carbons (Fsp3) is 0.133. The molecule has 2 aromatic carbocycles. The fourth-order valence-corrected chi connectivity index (χ4v) is 1.82. The van der Waals surface area contributed by atoms with E-state index in [9.17, 15) is 4.79 Å². The first kappa shape index (κ1) is 13.4.